The highest BCUT2D eigenvalue weighted by molar-refractivity contribution is 5.76. The molecule has 4 heteroatoms. The van der Waals surface area contributed by atoms with Crippen molar-refractivity contribution in [1.82, 2.24) is 0 Å². The van der Waals surface area contributed by atoms with Crippen molar-refractivity contribution in [2.75, 3.05) is 0 Å². The maximum Gasteiger partial charge on any atom is 0.409 e. The molecule has 0 aromatic heterocycles. The van der Waals surface area contributed by atoms with E-state index in [1.54, 1.807) is 12.1 Å². The molecule has 92 valence electrons. The van der Waals surface area contributed by atoms with Crippen LogP contribution in [0.25, 0.3) is 11.1 Å². The van der Waals surface area contributed by atoms with Crippen LogP contribution in [-0.2, 0) is 6.61 Å². The summed E-state index contributed by atoms with van der Waals surface area (Å²) in [4.78, 5) is 10.8. The number of ether oxygens (including phenoxy) is 1. The molecule has 0 heterocycles. The minimum absolute atomic E-state index is 0.0350. The Morgan fingerprint density at radius 2 is 1.94 bits per heavy atom. The molecule has 0 aliphatic carbocycles. The molecule has 2 rings (SSSR count). The van der Waals surface area contributed by atoms with Gasteiger partial charge in [0.25, 0.3) is 0 Å². The lowest BCUT2D eigenvalue weighted by Crippen LogP contribution is -2.16. The van der Waals surface area contributed by atoms with Crippen LogP contribution in [0.3, 0.4) is 0 Å². The van der Waals surface area contributed by atoms with E-state index in [0.717, 1.165) is 16.7 Å². The van der Waals surface area contributed by atoms with Gasteiger partial charge in [-0.3, -0.25) is 0 Å². The predicted octanol–water partition coefficient (Wildman–Crippen LogP) is 2.30. The van der Waals surface area contributed by atoms with Gasteiger partial charge in [0.1, 0.15) is 5.75 Å². The van der Waals surface area contributed by atoms with Gasteiger partial charge < -0.3 is 15.6 Å². The third kappa shape index (κ3) is 2.67. The van der Waals surface area contributed by atoms with Crippen LogP contribution in [0.5, 0.6) is 5.75 Å². The van der Waals surface area contributed by atoms with E-state index in [-0.39, 0.29) is 6.61 Å². The molecule has 1 amide bonds. The highest BCUT2D eigenvalue weighted by Crippen LogP contribution is 2.30. The maximum atomic E-state index is 10.8. The Balaban J connectivity index is 2.45. The molecule has 3 N–H and O–H groups in total. The minimum atomic E-state index is -0.847. The largest absolute Gasteiger partial charge is 0.410 e. The van der Waals surface area contributed by atoms with Crippen LogP contribution < -0.4 is 10.5 Å². The summed E-state index contributed by atoms with van der Waals surface area (Å²) in [5.74, 6) is 0.403. The highest BCUT2D eigenvalue weighted by Gasteiger charge is 2.08. The van der Waals surface area contributed by atoms with Crippen molar-refractivity contribution in [2.24, 2.45) is 5.73 Å². The fraction of sp³-hybridized carbons (Fsp3) is 0.0714. The summed E-state index contributed by atoms with van der Waals surface area (Å²) in [6.07, 6.45) is -0.847. The maximum absolute atomic E-state index is 10.8. The monoisotopic (exact) mass is 243 g/mol. The van der Waals surface area contributed by atoms with Crippen LogP contribution in [0.2, 0.25) is 0 Å². The first-order valence-corrected chi connectivity index (χ1v) is 5.47. The van der Waals surface area contributed by atoms with Gasteiger partial charge in [-0.15, -0.1) is 0 Å². The van der Waals surface area contributed by atoms with Gasteiger partial charge in [0.15, 0.2) is 0 Å². The van der Waals surface area contributed by atoms with E-state index >= 15 is 0 Å². The van der Waals surface area contributed by atoms with Crippen molar-refractivity contribution in [3.63, 3.8) is 0 Å². The number of aliphatic hydroxyl groups excluding tert-OH is 1. The molecule has 0 radical (unpaired) electrons. The Kier molecular flexibility index (Phi) is 3.60. The summed E-state index contributed by atoms with van der Waals surface area (Å²) < 4.78 is 4.95. The lowest BCUT2D eigenvalue weighted by Gasteiger charge is -2.09. The van der Waals surface area contributed by atoms with Crippen LogP contribution >= 0.6 is 0 Å². The van der Waals surface area contributed by atoms with Gasteiger partial charge in [0.2, 0.25) is 0 Å². The van der Waals surface area contributed by atoms with Crippen molar-refractivity contribution >= 4 is 6.09 Å². The van der Waals surface area contributed by atoms with Gasteiger partial charge in [-0.2, -0.15) is 0 Å². The number of carbonyl (C=O) groups is 1. The van der Waals surface area contributed by atoms with Crippen molar-refractivity contribution in [3.8, 4) is 16.9 Å². The van der Waals surface area contributed by atoms with Crippen LogP contribution in [0.1, 0.15) is 5.56 Å². The summed E-state index contributed by atoms with van der Waals surface area (Å²) >= 11 is 0. The van der Waals surface area contributed by atoms with Crippen LogP contribution in [0.15, 0.2) is 48.5 Å². The first kappa shape index (κ1) is 12.1. The molecule has 0 saturated heterocycles. The predicted molar refractivity (Wildman–Crippen MR) is 68.0 cm³/mol. The molecule has 0 fully saturated rings. The molecule has 2 aromatic rings. The summed E-state index contributed by atoms with van der Waals surface area (Å²) in [5, 5.41) is 9.12. The molecule has 0 aliphatic rings. The zero-order chi connectivity index (χ0) is 13.0. The van der Waals surface area contributed by atoms with E-state index in [0.29, 0.717) is 5.75 Å². The summed E-state index contributed by atoms with van der Waals surface area (Å²) in [5.41, 5.74) is 7.44. The second kappa shape index (κ2) is 5.33. The lowest BCUT2D eigenvalue weighted by atomic mass is 10.0. The van der Waals surface area contributed by atoms with Crippen molar-refractivity contribution in [3.05, 3.63) is 54.1 Å². The summed E-state index contributed by atoms with van der Waals surface area (Å²) in [6, 6.07) is 14.5. The molecule has 18 heavy (non-hydrogen) atoms. The van der Waals surface area contributed by atoms with E-state index < -0.39 is 6.09 Å². The summed E-state index contributed by atoms with van der Waals surface area (Å²) in [6.45, 7) is -0.0350. The molecule has 0 atom stereocenters. The normalized spacial score (nSPS) is 10.1. The number of carbonyl (C=O) groups excluding carboxylic acids is 1. The van der Waals surface area contributed by atoms with Gasteiger partial charge in [0, 0.05) is 5.56 Å². The summed E-state index contributed by atoms with van der Waals surface area (Å²) in [7, 11) is 0. The fourth-order valence-electron chi connectivity index (χ4n) is 1.74. The van der Waals surface area contributed by atoms with Gasteiger partial charge >= 0.3 is 6.09 Å². The number of rotatable bonds is 3. The average molecular weight is 243 g/mol. The topological polar surface area (TPSA) is 72.6 Å². The zero-order valence-corrected chi connectivity index (χ0v) is 9.67. The molecule has 4 nitrogen and oxygen atoms in total. The number of benzene rings is 2. The Morgan fingerprint density at radius 1 is 1.17 bits per heavy atom. The Bertz CT molecular complexity index is 566. The van der Waals surface area contributed by atoms with Crippen LogP contribution in [0.4, 0.5) is 4.79 Å². The van der Waals surface area contributed by atoms with Gasteiger partial charge in [-0.05, 0) is 23.3 Å². The van der Waals surface area contributed by atoms with Gasteiger partial charge in [-0.1, -0.05) is 36.4 Å². The Morgan fingerprint density at radius 3 is 2.67 bits per heavy atom. The quantitative estimate of drug-likeness (QED) is 0.868. The van der Waals surface area contributed by atoms with E-state index in [4.69, 9.17) is 15.6 Å². The molecule has 0 unspecified atom stereocenters. The molecule has 0 aliphatic heterocycles. The lowest BCUT2D eigenvalue weighted by molar-refractivity contribution is 0.211. The fourth-order valence-corrected chi connectivity index (χ4v) is 1.74. The molecule has 0 saturated carbocycles. The third-order valence-electron chi connectivity index (χ3n) is 2.52. The molecule has 2 aromatic carbocycles. The standard InChI is InChI=1S/C14H13NO3/c15-14(17)18-13-7-2-1-6-12(13)11-5-3-4-10(8-11)9-16/h1-8,16H,9H2,(H2,15,17). The van der Waals surface area contributed by atoms with Crippen molar-refractivity contribution in [1.29, 1.82) is 0 Å². The number of hydrogen-bond acceptors (Lipinski definition) is 3. The van der Waals surface area contributed by atoms with Crippen molar-refractivity contribution in [2.45, 2.75) is 6.61 Å². The second-order valence-corrected chi connectivity index (χ2v) is 3.78. The number of nitrogens with two attached hydrogens (primary N) is 1. The number of hydrogen-bond donors (Lipinski definition) is 2. The Hall–Kier alpha value is -2.33. The highest BCUT2D eigenvalue weighted by atomic mass is 16.5. The van der Waals surface area contributed by atoms with E-state index in [2.05, 4.69) is 0 Å². The minimum Gasteiger partial charge on any atom is -0.410 e. The van der Waals surface area contributed by atoms with Gasteiger partial charge in [-0.25, -0.2) is 4.79 Å². The smallest absolute Gasteiger partial charge is 0.409 e. The van der Waals surface area contributed by atoms with Crippen LogP contribution in [-0.4, -0.2) is 11.2 Å². The first-order valence-electron chi connectivity index (χ1n) is 5.47. The number of para-hydroxylation sites is 1. The van der Waals surface area contributed by atoms with E-state index in [1.165, 1.54) is 0 Å². The first-order chi connectivity index (χ1) is 8.70. The van der Waals surface area contributed by atoms with E-state index in [9.17, 15) is 4.79 Å². The number of aliphatic hydroxyl groups is 1. The number of amides is 1. The van der Waals surface area contributed by atoms with E-state index in [1.807, 2.05) is 36.4 Å². The molecule has 0 spiro atoms. The van der Waals surface area contributed by atoms with Crippen LogP contribution in [0, 0.1) is 0 Å². The zero-order valence-electron chi connectivity index (χ0n) is 9.67. The average Bonchev–Trinajstić information content (AvgIpc) is 2.39. The third-order valence-corrected chi connectivity index (χ3v) is 2.52. The molecule has 0 bridgehead atoms. The van der Waals surface area contributed by atoms with Crippen molar-refractivity contribution < 1.29 is 14.6 Å². The SMILES string of the molecule is NC(=O)Oc1ccccc1-c1cccc(CO)c1. The molecular weight excluding hydrogens is 230 g/mol. The Labute approximate surface area is 105 Å². The number of primary amides is 1. The van der Waals surface area contributed by atoms with Gasteiger partial charge in [0.05, 0.1) is 6.61 Å². The molecular formula is C14H13NO3. The second-order valence-electron chi connectivity index (χ2n) is 3.78.